The van der Waals surface area contributed by atoms with Crippen LogP contribution < -0.4 is 15.8 Å². The van der Waals surface area contributed by atoms with E-state index in [2.05, 4.69) is 28.5 Å². The van der Waals surface area contributed by atoms with E-state index in [0.717, 1.165) is 29.9 Å². The molecule has 0 saturated carbocycles. The maximum atomic E-state index is 6.11. The molecule has 110 valence electrons. The van der Waals surface area contributed by atoms with Crippen LogP contribution in [0.1, 0.15) is 35.1 Å². The predicted octanol–water partition coefficient (Wildman–Crippen LogP) is 2.80. The van der Waals surface area contributed by atoms with E-state index in [1.807, 2.05) is 32.3 Å². The zero-order valence-electron chi connectivity index (χ0n) is 12.5. The molecule has 2 aromatic rings. The summed E-state index contributed by atoms with van der Waals surface area (Å²) in [5, 5.41) is 3.42. The number of nitrogens with two attached hydrogens (primary N) is 1. The van der Waals surface area contributed by atoms with Gasteiger partial charge in [-0.25, -0.2) is 4.98 Å². The Balaban J connectivity index is 2.03. The number of nitrogens with one attached hydrogen (secondary N) is 1. The fourth-order valence-electron chi connectivity index (χ4n) is 3.14. The number of benzene rings is 1. The highest BCUT2D eigenvalue weighted by Gasteiger charge is 2.30. The van der Waals surface area contributed by atoms with Crippen LogP contribution in [0.5, 0.6) is 5.75 Å². The van der Waals surface area contributed by atoms with Crippen LogP contribution in [0.25, 0.3) is 0 Å². The van der Waals surface area contributed by atoms with E-state index in [9.17, 15) is 0 Å². The molecule has 0 saturated heterocycles. The van der Waals surface area contributed by atoms with Crippen LogP contribution in [0.15, 0.2) is 36.5 Å². The summed E-state index contributed by atoms with van der Waals surface area (Å²) in [7, 11) is 1.98. The fourth-order valence-corrected chi connectivity index (χ4v) is 3.14. The third-order valence-electron chi connectivity index (χ3n) is 4.14. The van der Waals surface area contributed by atoms with Gasteiger partial charge in [-0.3, -0.25) is 0 Å². The summed E-state index contributed by atoms with van der Waals surface area (Å²) in [6.45, 7) is 2.78. The number of hydrogen-bond donors (Lipinski definition) is 2. The molecule has 21 heavy (non-hydrogen) atoms. The molecule has 3 rings (SSSR count). The summed E-state index contributed by atoms with van der Waals surface area (Å²) in [5.74, 6) is 1.92. The van der Waals surface area contributed by atoms with Crippen LogP contribution in [0.4, 0.5) is 5.82 Å². The van der Waals surface area contributed by atoms with E-state index in [0.29, 0.717) is 11.7 Å². The first-order valence-electron chi connectivity index (χ1n) is 7.31. The summed E-state index contributed by atoms with van der Waals surface area (Å²) in [4.78, 5) is 4.30. The second kappa shape index (κ2) is 5.74. The van der Waals surface area contributed by atoms with Gasteiger partial charge in [0.05, 0.1) is 6.61 Å². The molecule has 2 unspecified atom stereocenters. The molecule has 0 bridgehead atoms. The minimum Gasteiger partial charge on any atom is -0.493 e. The van der Waals surface area contributed by atoms with E-state index < -0.39 is 0 Å². The van der Waals surface area contributed by atoms with Crippen molar-refractivity contribution in [1.82, 2.24) is 10.3 Å². The Morgan fingerprint density at radius 1 is 1.38 bits per heavy atom. The predicted molar refractivity (Wildman–Crippen MR) is 84.5 cm³/mol. The third-order valence-corrected chi connectivity index (χ3v) is 4.14. The second-order valence-corrected chi connectivity index (χ2v) is 5.53. The highest BCUT2D eigenvalue weighted by atomic mass is 16.5. The molecule has 4 nitrogen and oxygen atoms in total. The van der Waals surface area contributed by atoms with Gasteiger partial charge in [0.15, 0.2) is 0 Å². The zero-order valence-corrected chi connectivity index (χ0v) is 12.5. The summed E-state index contributed by atoms with van der Waals surface area (Å²) < 4.78 is 5.76. The van der Waals surface area contributed by atoms with Gasteiger partial charge in [-0.05, 0) is 43.7 Å². The smallest absolute Gasteiger partial charge is 0.128 e. The number of hydrogen-bond acceptors (Lipinski definition) is 4. The topological polar surface area (TPSA) is 60.2 Å². The van der Waals surface area contributed by atoms with E-state index >= 15 is 0 Å². The number of aryl methyl sites for hydroxylation is 1. The van der Waals surface area contributed by atoms with Gasteiger partial charge in [-0.15, -0.1) is 0 Å². The molecule has 0 amide bonds. The molecule has 2 atom stereocenters. The van der Waals surface area contributed by atoms with Gasteiger partial charge in [0.1, 0.15) is 11.6 Å². The molecule has 4 heteroatoms. The average Bonchev–Trinajstić information content (AvgIpc) is 2.51. The number of nitrogens with zero attached hydrogens (tertiary/aromatic N) is 1. The first kappa shape index (κ1) is 13.9. The molecule has 3 N–H and O–H groups in total. The number of fused-ring (bicyclic) bond motifs is 1. The Labute approximate surface area is 125 Å². The third kappa shape index (κ3) is 2.59. The van der Waals surface area contributed by atoms with E-state index in [4.69, 9.17) is 10.5 Å². The molecule has 0 aliphatic carbocycles. The Kier molecular flexibility index (Phi) is 3.80. The minimum absolute atomic E-state index is 0.141. The first-order valence-corrected chi connectivity index (χ1v) is 7.31. The van der Waals surface area contributed by atoms with Gasteiger partial charge in [0, 0.05) is 23.7 Å². The van der Waals surface area contributed by atoms with Crippen LogP contribution >= 0.6 is 0 Å². The highest BCUT2D eigenvalue weighted by molar-refractivity contribution is 5.47. The Hall–Kier alpha value is -2.07. The van der Waals surface area contributed by atoms with Gasteiger partial charge in [0.25, 0.3) is 0 Å². The summed E-state index contributed by atoms with van der Waals surface area (Å²) in [6.07, 6.45) is 2.78. The maximum absolute atomic E-state index is 6.11. The summed E-state index contributed by atoms with van der Waals surface area (Å²) in [6, 6.07) is 10.5. The molecule has 0 fully saturated rings. The number of pyridine rings is 1. The standard InChI is InChI=1S/C17H21N3O/c1-11-9-14(17(18)20-10-11)16(19-2)13-7-8-21-15-6-4-3-5-12(13)15/h3-6,9-10,13,16,19H,7-8H2,1-2H3,(H2,18,20). The van der Waals surface area contributed by atoms with Crippen molar-refractivity contribution in [2.75, 3.05) is 19.4 Å². The fraction of sp³-hybridized carbons (Fsp3) is 0.353. The van der Waals surface area contributed by atoms with Crippen molar-refractivity contribution in [1.29, 1.82) is 0 Å². The van der Waals surface area contributed by atoms with E-state index in [1.54, 1.807) is 0 Å². The number of aromatic nitrogens is 1. The number of para-hydroxylation sites is 1. The van der Waals surface area contributed by atoms with Crippen LogP contribution in [0.2, 0.25) is 0 Å². The van der Waals surface area contributed by atoms with Crippen molar-refractivity contribution < 1.29 is 4.74 Å². The van der Waals surface area contributed by atoms with Crippen LogP contribution in [-0.4, -0.2) is 18.6 Å². The lowest BCUT2D eigenvalue weighted by atomic mass is 9.83. The Morgan fingerprint density at radius 2 is 2.19 bits per heavy atom. The molecule has 0 radical (unpaired) electrons. The highest BCUT2D eigenvalue weighted by Crippen LogP contribution is 2.42. The number of nitrogen functional groups attached to an aromatic ring is 1. The van der Waals surface area contributed by atoms with Gasteiger partial charge in [-0.1, -0.05) is 18.2 Å². The molecule has 0 spiro atoms. The van der Waals surface area contributed by atoms with E-state index in [1.165, 1.54) is 5.56 Å². The number of anilines is 1. The Bertz CT molecular complexity index is 642. The molecule has 1 aromatic carbocycles. The summed E-state index contributed by atoms with van der Waals surface area (Å²) >= 11 is 0. The van der Waals surface area contributed by atoms with Crippen molar-refractivity contribution >= 4 is 5.82 Å². The molecular weight excluding hydrogens is 262 g/mol. The van der Waals surface area contributed by atoms with Crippen molar-refractivity contribution in [2.45, 2.75) is 25.3 Å². The maximum Gasteiger partial charge on any atom is 0.128 e. The molecule has 1 aliphatic heterocycles. The molecular formula is C17H21N3O. The Morgan fingerprint density at radius 3 is 3.00 bits per heavy atom. The van der Waals surface area contributed by atoms with Crippen molar-refractivity contribution in [3.63, 3.8) is 0 Å². The van der Waals surface area contributed by atoms with E-state index in [-0.39, 0.29) is 6.04 Å². The van der Waals surface area contributed by atoms with Crippen LogP contribution in [-0.2, 0) is 0 Å². The summed E-state index contributed by atoms with van der Waals surface area (Å²) in [5.41, 5.74) is 9.54. The largest absolute Gasteiger partial charge is 0.493 e. The molecule has 1 aliphatic rings. The van der Waals surface area contributed by atoms with Crippen molar-refractivity contribution in [2.24, 2.45) is 0 Å². The molecule has 1 aromatic heterocycles. The zero-order chi connectivity index (χ0) is 14.8. The van der Waals surface area contributed by atoms with Gasteiger partial charge >= 0.3 is 0 Å². The quantitative estimate of drug-likeness (QED) is 0.909. The van der Waals surface area contributed by atoms with Crippen LogP contribution in [0.3, 0.4) is 0 Å². The lowest BCUT2D eigenvalue weighted by Gasteiger charge is -2.33. The van der Waals surface area contributed by atoms with Gasteiger partial charge in [0.2, 0.25) is 0 Å². The minimum atomic E-state index is 0.141. The normalized spacial score (nSPS) is 18.7. The van der Waals surface area contributed by atoms with Gasteiger partial charge in [-0.2, -0.15) is 0 Å². The van der Waals surface area contributed by atoms with Crippen molar-refractivity contribution in [3.05, 3.63) is 53.2 Å². The number of ether oxygens (including phenoxy) is 1. The second-order valence-electron chi connectivity index (χ2n) is 5.53. The van der Waals surface area contributed by atoms with Gasteiger partial charge < -0.3 is 15.8 Å². The lowest BCUT2D eigenvalue weighted by molar-refractivity contribution is 0.248. The van der Waals surface area contributed by atoms with Crippen molar-refractivity contribution in [3.8, 4) is 5.75 Å². The monoisotopic (exact) mass is 283 g/mol. The first-order chi connectivity index (χ1) is 10.2. The number of rotatable bonds is 3. The number of likely N-dealkylation sites (N-methyl/N-ethyl adjacent to an activating group) is 1. The molecule has 2 heterocycles. The average molecular weight is 283 g/mol. The SMILES string of the molecule is CNC(c1cc(C)cnc1N)C1CCOc2ccccc21. The lowest BCUT2D eigenvalue weighted by Crippen LogP contribution is -2.29. The van der Waals surface area contributed by atoms with Crippen LogP contribution in [0, 0.1) is 6.92 Å².